The maximum absolute atomic E-state index is 13.1. The van der Waals surface area contributed by atoms with E-state index in [9.17, 15) is 4.39 Å². The number of halogens is 1. The van der Waals surface area contributed by atoms with Crippen molar-refractivity contribution >= 4 is 0 Å². The first-order valence-electron chi connectivity index (χ1n) is 7.31. The van der Waals surface area contributed by atoms with Gasteiger partial charge >= 0.3 is 0 Å². The van der Waals surface area contributed by atoms with E-state index in [1.807, 2.05) is 12.1 Å². The Morgan fingerprint density at radius 1 is 1.11 bits per heavy atom. The molecule has 19 heavy (non-hydrogen) atoms. The Kier molecular flexibility index (Phi) is 6.46. The molecular weight excluding hydrogens is 239 g/mol. The molecule has 0 saturated carbocycles. The van der Waals surface area contributed by atoms with Crippen LogP contribution in [0.1, 0.15) is 52.1 Å². The van der Waals surface area contributed by atoms with E-state index in [1.165, 1.54) is 12.1 Å². The molecule has 1 aromatic rings. The molecule has 0 fully saturated rings. The minimum absolute atomic E-state index is 0.0689. The molecule has 1 aromatic carbocycles. The van der Waals surface area contributed by atoms with Crippen molar-refractivity contribution < 1.29 is 4.39 Å². The summed E-state index contributed by atoms with van der Waals surface area (Å²) in [5.41, 5.74) is 7.43. The molecule has 0 aliphatic heterocycles. The highest BCUT2D eigenvalue weighted by molar-refractivity contribution is 5.22. The molecule has 2 nitrogen and oxygen atoms in total. The van der Waals surface area contributed by atoms with Gasteiger partial charge in [0.2, 0.25) is 0 Å². The Balaban J connectivity index is 3.09. The van der Waals surface area contributed by atoms with Gasteiger partial charge in [0.05, 0.1) is 6.04 Å². The van der Waals surface area contributed by atoms with Gasteiger partial charge in [-0.3, -0.25) is 4.90 Å². The molecule has 0 amide bonds. The molecule has 108 valence electrons. The molecule has 3 unspecified atom stereocenters. The predicted octanol–water partition coefficient (Wildman–Crippen LogP) is 3.72. The van der Waals surface area contributed by atoms with Crippen LogP contribution in [0.2, 0.25) is 0 Å². The van der Waals surface area contributed by atoms with E-state index >= 15 is 0 Å². The monoisotopic (exact) mass is 266 g/mol. The predicted molar refractivity (Wildman–Crippen MR) is 79.5 cm³/mol. The number of rotatable bonds is 7. The number of nitrogens with two attached hydrogens (primary N) is 1. The van der Waals surface area contributed by atoms with E-state index in [1.54, 1.807) is 0 Å². The molecule has 1 rings (SSSR count). The molecule has 0 aromatic heterocycles. The largest absolute Gasteiger partial charge is 0.326 e. The van der Waals surface area contributed by atoms with Crippen LogP contribution < -0.4 is 5.73 Å². The topological polar surface area (TPSA) is 29.3 Å². The second-order valence-corrected chi connectivity index (χ2v) is 5.16. The van der Waals surface area contributed by atoms with Crippen molar-refractivity contribution in [2.24, 2.45) is 5.73 Å². The van der Waals surface area contributed by atoms with Gasteiger partial charge in [-0.05, 0) is 44.0 Å². The highest BCUT2D eigenvalue weighted by Gasteiger charge is 2.27. The summed E-state index contributed by atoms with van der Waals surface area (Å²) in [6, 6.07) is 7.47. The van der Waals surface area contributed by atoms with Gasteiger partial charge in [0.15, 0.2) is 0 Å². The van der Waals surface area contributed by atoms with Crippen molar-refractivity contribution in [1.82, 2.24) is 4.90 Å². The van der Waals surface area contributed by atoms with Gasteiger partial charge in [-0.1, -0.05) is 32.9 Å². The molecule has 0 heterocycles. The first-order chi connectivity index (χ1) is 9.04. The van der Waals surface area contributed by atoms with Gasteiger partial charge in [0, 0.05) is 12.1 Å². The van der Waals surface area contributed by atoms with Crippen LogP contribution in [0.3, 0.4) is 0 Å². The molecule has 0 spiro atoms. The number of nitrogens with zero attached hydrogens (tertiary/aromatic N) is 1. The van der Waals surface area contributed by atoms with Gasteiger partial charge in [-0.15, -0.1) is 0 Å². The Morgan fingerprint density at radius 3 is 2.11 bits per heavy atom. The van der Waals surface area contributed by atoms with E-state index in [4.69, 9.17) is 5.73 Å². The van der Waals surface area contributed by atoms with Crippen molar-refractivity contribution in [3.63, 3.8) is 0 Å². The third-order valence-corrected chi connectivity index (χ3v) is 3.97. The minimum atomic E-state index is -0.195. The highest BCUT2D eigenvalue weighted by atomic mass is 19.1. The fourth-order valence-corrected chi connectivity index (χ4v) is 2.58. The maximum atomic E-state index is 13.1. The normalized spacial score (nSPS) is 16.4. The van der Waals surface area contributed by atoms with Crippen LogP contribution >= 0.6 is 0 Å². The van der Waals surface area contributed by atoms with Crippen LogP contribution in [0.15, 0.2) is 24.3 Å². The fraction of sp³-hybridized carbons (Fsp3) is 0.625. The summed E-state index contributed by atoms with van der Waals surface area (Å²) in [4.78, 5) is 2.42. The first kappa shape index (κ1) is 16.1. The Bertz CT molecular complexity index is 364. The van der Waals surface area contributed by atoms with Gasteiger partial charge in [0.25, 0.3) is 0 Å². The van der Waals surface area contributed by atoms with E-state index in [2.05, 4.69) is 32.6 Å². The van der Waals surface area contributed by atoms with E-state index in [0.717, 1.165) is 24.9 Å². The molecule has 3 heteroatoms. The van der Waals surface area contributed by atoms with E-state index in [0.29, 0.717) is 6.04 Å². The summed E-state index contributed by atoms with van der Waals surface area (Å²) in [7, 11) is 0. The Hall–Kier alpha value is -0.930. The van der Waals surface area contributed by atoms with Crippen LogP contribution in [0.5, 0.6) is 0 Å². The fourth-order valence-electron chi connectivity index (χ4n) is 2.58. The number of likely N-dealkylation sites (N-methyl/N-ethyl adjacent to an activating group) is 1. The summed E-state index contributed by atoms with van der Waals surface area (Å²) in [5.74, 6) is -0.195. The zero-order chi connectivity index (χ0) is 14.4. The SMILES string of the molecule is CCC(N)C(c1ccc(F)cc1)N(CC)C(C)CC. The lowest BCUT2D eigenvalue weighted by Crippen LogP contribution is -2.44. The molecule has 0 saturated heterocycles. The summed E-state index contributed by atoms with van der Waals surface area (Å²) in [5, 5.41) is 0. The van der Waals surface area contributed by atoms with Crippen LogP contribution in [0.4, 0.5) is 4.39 Å². The molecule has 2 N–H and O–H groups in total. The first-order valence-corrected chi connectivity index (χ1v) is 7.31. The second kappa shape index (κ2) is 7.61. The third-order valence-electron chi connectivity index (χ3n) is 3.97. The van der Waals surface area contributed by atoms with Gasteiger partial charge in [0.1, 0.15) is 5.82 Å². The summed E-state index contributed by atoms with van der Waals surface area (Å²) < 4.78 is 13.1. The molecule has 0 aliphatic carbocycles. The van der Waals surface area contributed by atoms with E-state index < -0.39 is 0 Å². The average Bonchev–Trinajstić information content (AvgIpc) is 2.44. The van der Waals surface area contributed by atoms with Crippen molar-refractivity contribution in [1.29, 1.82) is 0 Å². The summed E-state index contributed by atoms with van der Waals surface area (Å²) in [6.45, 7) is 9.62. The maximum Gasteiger partial charge on any atom is 0.123 e. The van der Waals surface area contributed by atoms with Gasteiger partial charge in [-0.25, -0.2) is 4.39 Å². The van der Waals surface area contributed by atoms with Crippen molar-refractivity contribution in [2.45, 2.75) is 58.7 Å². The highest BCUT2D eigenvalue weighted by Crippen LogP contribution is 2.27. The lowest BCUT2D eigenvalue weighted by atomic mass is 9.94. The van der Waals surface area contributed by atoms with Gasteiger partial charge < -0.3 is 5.73 Å². The molecule has 0 aliphatic rings. The zero-order valence-corrected chi connectivity index (χ0v) is 12.6. The molecule has 0 radical (unpaired) electrons. The van der Waals surface area contributed by atoms with Crippen LogP contribution in [-0.2, 0) is 0 Å². The lowest BCUT2D eigenvalue weighted by molar-refractivity contribution is 0.125. The van der Waals surface area contributed by atoms with E-state index in [-0.39, 0.29) is 17.9 Å². The smallest absolute Gasteiger partial charge is 0.123 e. The van der Waals surface area contributed by atoms with Crippen LogP contribution in [0, 0.1) is 5.82 Å². The third kappa shape index (κ3) is 4.02. The average molecular weight is 266 g/mol. The molecule has 3 atom stereocenters. The minimum Gasteiger partial charge on any atom is -0.326 e. The standard InChI is InChI=1S/C16H27FN2/c1-5-12(4)19(7-3)16(15(18)6-2)13-8-10-14(17)11-9-13/h8-12,15-16H,5-7,18H2,1-4H3. The van der Waals surface area contributed by atoms with Crippen LogP contribution in [0.25, 0.3) is 0 Å². The Labute approximate surface area is 116 Å². The number of benzene rings is 1. The van der Waals surface area contributed by atoms with Crippen molar-refractivity contribution in [3.05, 3.63) is 35.6 Å². The molecule has 0 bridgehead atoms. The zero-order valence-electron chi connectivity index (χ0n) is 12.6. The van der Waals surface area contributed by atoms with Gasteiger partial charge in [-0.2, -0.15) is 0 Å². The number of hydrogen-bond donors (Lipinski definition) is 1. The second-order valence-electron chi connectivity index (χ2n) is 5.16. The Morgan fingerprint density at radius 2 is 1.68 bits per heavy atom. The summed E-state index contributed by atoms with van der Waals surface area (Å²) >= 11 is 0. The van der Waals surface area contributed by atoms with Crippen LogP contribution in [-0.4, -0.2) is 23.5 Å². The number of hydrogen-bond acceptors (Lipinski definition) is 2. The molecular formula is C16H27FN2. The van der Waals surface area contributed by atoms with Crippen molar-refractivity contribution in [3.8, 4) is 0 Å². The summed E-state index contributed by atoms with van der Waals surface area (Å²) in [6.07, 6.45) is 2.00. The van der Waals surface area contributed by atoms with Crippen molar-refractivity contribution in [2.75, 3.05) is 6.54 Å². The quantitative estimate of drug-likeness (QED) is 0.815. The lowest BCUT2D eigenvalue weighted by Gasteiger charge is -2.38.